The third-order valence-corrected chi connectivity index (χ3v) is 5.50. The summed E-state index contributed by atoms with van der Waals surface area (Å²) in [5, 5.41) is 14.0. The molecule has 3 heterocycles. The maximum Gasteiger partial charge on any atom is 0.267 e. The van der Waals surface area contributed by atoms with Gasteiger partial charge < -0.3 is 15.2 Å². The van der Waals surface area contributed by atoms with Crippen molar-refractivity contribution in [3.63, 3.8) is 0 Å². The van der Waals surface area contributed by atoms with E-state index in [2.05, 4.69) is 10.3 Å². The van der Waals surface area contributed by atoms with E-state index in [9.17, 15) is 19.5 Å². The average molecular weight is 432 g/mol. The van der Waals surface area contributed by atoms with Crippen molar-refractivity contribution in [1.82, 2.24) is 14.3 Å². The number of carboxylic acids is 1. The zero-order valence-corrected chi connectivity index (χ0v) is 17.7. The molecule has 1 N–H and O–H groups in total. The lowest BCUT2D eigenvalue weighted by atomic mass is 10.2. The number of aromatic nitrogens is 2. The Morgan fingerprint density at radius 2 is 2.10 bits per heavy atom. The number of hydrogen-bond donors (Lipinski definition) is 1. The van der Waals surface area contributed by atoms with Gasteiger partial charge in [-0.1, -0.05) is 43.9 Å². The summed E-state index contributed by atoms with van der Waals surface area (Å²) < 4.78 is 1.52. The van der Waals surface area contributed by atoms with Crippen molar-refractivity contribution in [1.29, 1.82) is 0 Å². The van der Waals surface area contributed by atoms with Crippen molar-refractivity contribution in [2.24, 2.45) is 5.92 Å². The average Bonchev–Trinajstić information content (AvgIpc) is 2.90. The Labute approximate surface area is 176 Å². The summed E-state index contributed by atoms with van der Waals surface area (Å²) in [7, 11) is 0. The van der Waals surface area contributed by atoms with E-state index >= 15 is 0 Å². The first-order valence-electron chi connectivity index (χ1n) is 8.89. The summed E-state index contributed by atoms with van der Waals surface area (Å²) in [6, 6.07) is 3.61. The van der Waals surface area contributed by atoms with Crippen molar-refractivity contribution in [2.75, 3.05) is 18.4 Å². The second-order valence-corrected chi connectivity index (χ2v) is 8.70. The van der Waals surface area contributed by atoms with Crippen molar-refractivity contribution in [2.45, 2.75) is 20.8 Å². The number of aryl methyl sites for hydroxylation is 1. The molecule has 0 spiro atoms. The lowest BCUT2D eigenvalue weighted by Crippen LogP contribution is -2.40. The minimum Gasteiger partial charge on any atom is -0.548 e. The topological polar surface area (TPSA) is 107 Å². The lowest BCUT2D eigenvalue weighted by molar-refractivity contribution is -0.305. The highest BCUT2D eigenvalue weighted by Gasteiger charge is 2.32. The number of nitrogens with one attached hydrogen (secondary N) is 1. The molecule has 152 valence electrons. The van der Waals surface area contributed by atoms with Gasteiger partial charge in [-0.15, -0.1) is 0 Å². The molecule has 1 amide bonds. The van der Waals surface area contributed by atoms with Crippen molar-refractivity contribution in [3.8, 4) is 0 Å². The van der Waals surface area contributed by atoms with Crippen LogP contribution >= 0.6 is 24.0 Å². The molecule has 3 rings (SSSR count). The van der Waals surface area contributed by atoms with Gasteiger partial charge in [-0.25, -0.2) is 4.98 Å². The number of aliphatic carboxylic acids is 1. The van der Waals surface area contributed by atoms with Crippen LogP contribution in [0.4, 0.5) is 5.82 Å². The van der Waals surface area contributed by atoms with E-state index in [1.54, 1.807) is 12.3 Å². The highest BCUT2D eigenvalue weighted by Crippen LogP contribution is 2.32. The fraction of sp³-hybridized carbons (Fsp3) is 0.316. The number of pyridine rings is 1. The molecular formula is C19H19N4O4S2-. The Morgan fingerprint density at radius 3 is 2.76 bits per heavy atom. The van der Waals surface area contributed by atoms with Gasteiger partial charge in [-0.3, -0.25) is 18.9 Å². The molecule has 1 aliphatic rings. The van der Waals surface area contributed by atoms with Crippen LogP contribution in [-0.4, -0.2) is 43.6 Å². The number of amides is 1. The number of hydrogen-bond acceptors (Lipinski definition) is 8. The first kappa shape index (κ1) is 21.0. The zero-order valence-electron chi connectivity index (χ0n) is 16.1. The second kappa shape index (κ2) is 8.34. The fourth-order valence-electron chi connectivity index (χ4n) is 2.72. The van der Waals surface area contributed by atoms with Gasteiger partial charge in [0, 0.05) is 12.7 Å². The van der Waals surface area contributed by atoms with Crippen molar-refractivity contribution >= 4 is 57.7 Å². The number of thioether (sulfide) groups is 1. The summed E-state index contributed by atoms with van der Waals surface area (Å²) in [6.45, 7) is 5.86. The van der Waals surface area contributed by atoms with Gasteiger partial charge in [-0.05, 0) is 30.5 Å². The van der Waals surface area contributed by atoms with Gasteiger partial charge in [0.05, 0.1) is 23.0 Å². The van der Waals surface area contributed by atoms with E-state index in [0.717, 1.165) is 22.2 Å². The molecule has 0 unspecified atom stereocenters. The van der Waals surface area contributed by atoms with Gasteiger partial charge in [-0.2, -0.15) is 0 Å². The normalized spacial score (nSPS) is 15.7. The Hall–Kier alpha value is -2.72. The minimum absolute atomic E-state index is 0.104. The number of carboxylic acid groups (broad SMARTS) is 1. The van der Waals surface area contributed by atoms with Crippen LogP contribution in [0.15, 0.2) is 28.0 Å². The van der Waals surface area contributed by atoms with Crippen LogP contribution in [0, 0.1) is 12.8 Å². The molecule has 2 aromatic heterocycles. The maximum atomic E-state index is 13.1. The Balaban J connectivity index is 2.12. The maximum absolute atomic E-state index is 13.1. The number of anilines is 1. The van der Waals surface area contributed by atoms with Gasteiger partial charge in [0.25, 0.3) is 11.5 Å². The summed E-state index contributed by atoms with van der Waals surface area (Å²) in [4.78, 5) is 42.2. The first-order valence-corrected chi connectivity index (χ1v) is 10.1. The number of carbonyl (C=O) groups excluding carboxylic acids is 2. The Bertz CT molecular complexity index is 1110. The number of rotatable bonds is 6. The molecule has 2 aromatic rings. The fourth-order valence-corrected chi connectivity index (χ4v) is 3.96. The monoisotopic (exact) mass is 431 g/mol. The smallest absolute Gasteiger partial charge is 0.267 e. The van der Waals surface area contributed by atoms with E-state index in [1.807, 2.05) is 26.8 Å². The molecule has 0 atom stereocenters. The number of carbonyl (C=O) groups is 2. The molecule has 0 aliphatic carbocycles. The summed E-state index contributed by atoms with van der Waals surface area (Å²) in [5.41, 5.74) is 1.24. The summed E-state index contributed by atoms with van der Waals surface area (Å²) in [5.74, 6) is -1.32. The molecule has 0 radical (unpaired) electrons. The van der Waals surface area contributed by atoms with Crippen LogP contribution in [0.2, 0.25) is 0 Å². The number of nitrogens with zero attached hydrogens (tertiary/aromatic N) is 3. The van der Waals surface area contributed by atoms with Gasteiger partial charge >= 0.3 is 0 Å². The van der Waals surface area contributed by atoms with E-state index < -0.39 is 18.4 Å². The molecule has 0 aromatic carbocycles. The second-order valence-electron chi connectivity index (χ2n) is 7.03. The van der Waals surface area contributed by atoms with E-state index in [-0.39, 0.29) is 20.3 Å². The summed E-state index contributed by atoms with van der Waals surface area (Å²) in [6.07, 6.45) is 3.09. The van der Waals surface area contributed by atoms with Gasteiger partial charge in [0.1, 0.15) is 15.8 Å². The predicted molar refractivity (Wildman–Crippen MR) is 114 cm³/mol. The molecule has 10 heteroatoms. The molecule has 0 bridgehead atoms. The lowest BCUT2D eigenvalue weighted by Gasteiger charge is -2.14. The molecule has 29 heavy (non-hydrogen) atoms. The SMILES string of the molecule is Cc1ccc2nc(NCC(C)C)c(C=C3SC(=S)N(CC(=O)[O-])C3=O)c(=O)n2c1. The van der Waals surface area contributed by atoms with E-state index in [4.69, 9.17) is 12.2 Å². The van der Waals surface area contributed by atoms with Crippen LogP contribution in [0.3, 0.4) is 0 Å². The first-order chi connectivity index (χ1) is 13.7. The third-order valence-electron chi connectivity index (χ3n) is 4.12. The Kier molecular flexibility index (Phi) is 6.04. The van der Waals surface area contributed by atoms with Crippen LogP contribution in [0.5, 0.6) is 0 Å². The van der Waals surface area contributed by atoms with Crippen LogP contribution in [0.25, 0.3) is 11.7 Å². The number of thiocarbonyl (C=S) groups is 1. The number of fused-ring (bicyclic) bond motifs is 1. The van der Waals surface area contributed by atoms with Crippen molar-refractivity contribution in [3.05, 3.63) is 44.7 Å². The predicted octanol–water partition coefficient (Wildman–Crippen LogP) is 1.02. The quantitative estimate of drug-likeness (QED) is 0.534. The highest BCUT2D eigenvalue weighted by molar-refractivity contribution is 8.26. The van der Waals surface area contributed by atoms with Crippen LogP contribution in [-0.2, 0) is 9.59 Å². The van der Waals surface area contributed by atoms with E-state index in [1.165, 1.54) is 10.5 Å². The van der Waals surface area contributed by atoms with Crippen LogP contribution in [0.1, 0.15) is 25.0 Å². The Morgan fingerprint density at radius 1 is 1.38 bits per heavy atom. The largest absolute Gasteiger partial charge is 0.548 e. The molecular weight excluding hydrogens is 412 g/mol. The highest BCUT2D eigenvalue weighted by atomic mass is 32.2. The molecule has 1 aliphatic heterocycles. The van der Waals surface area contributed by atoms with Gasteiger partial charge in [0.2, 0.25) is 0 Å². The molecule has 8 nitrogen and oxygen atoms in total. The summed E-state index contributed by atoms with van der Waals surface area (Å²) >= 11 is 6.04. The van der Waals surface area contributed by atoms with Crippen molar-refractivity contribution < 1.29 is 14.7 Å². The van der Waals surface area contributed by atoms with Gasteiger partial charge in [0.15, 0.2) is 0 Å². The standard InChI is InChI=1S/C19H20N4O4S2/c1-10(2)7-20-16-12(17(26)22-8-11(3)4-5-14(22)21-16)6-13-18(27)23(9-15(24)25)19(28)29-13/h4-6,8,10,20H,7,9H2,1-3H3,(H,24,25)/p-1. The molecule has 0 saturated carbocycles. The van der Waals surface area contributed by atoms with E-state index in [0.29, 0.717) is 23.9 Å². The molecule has 1 saturated heterocycles. The van der Waals surface area contributed by atoms with Crippen LogP contribution < -0.4 is 16.0 Å². The minimum atomic E-state index is -1.41. The molecule has 1 fully saturated rings. The third kappa shape index (κ3) is 4.48. The zero-order chi connectivity index (χ0) is 21.3.